The number of anilines is 1. The lowest BCUT2D eigenvalue weighted by molar-refractivity contribution is -0.116. The summed E-state index contributed by atoms with van der Waals surface area (Å²) in [4.78, 5) is 11.5. The molecule has 1 rings (SSSR count). The number of nitrogens with one attached hydrogen (secondary N) is 1. The molecule has 0 bridgehead atoms. The number of aliphatic hydroxyl groups is 1. The summed E-state index contributed by atoms with van der Waals surface area (Å²) >= 11 is 0. The standard InChI is InChI=1S/C13H19NO3/c1-3-17-12-7-5-11(6-8-12)14-13(16)9-4-10(2)15/h5-8,10,15H,3-4,9H2,1-2H3,(H,14,16). The van der Waals surface area contributed by atoms with Gasteiger partial charge in [0, 0.05) is 12.1 Å². The highest BCUT2D eigenvalue weighted by Gasteiger charge is 2.04. The molecule has 1 unspecified atom stereocenters. The monoisotopic (exact) mass is 237 g/mol. The van der Waals surface area contributed by atoms with Crippen molar-refractivity contribution in [2.24, 2.45) is 0 Å². The fourth-order valence-corrected chi connectivity index (χ4v) is 1.36. The molecule has 0 radical (unpaired) electrons. The van der Waals surface area contributed by atoms with Gasteiger partial charge in [-0.1, -0.05) is 0 Å². The van der Waals surface area contributed by atoms with E-state index in [0.717, 1.165) is 11.4 Å². The van der Waals surface area contributed by atoms with Gasteiger partial charge in [0.05, 0.1) is 12.7 Å². The highest BCUT2D eigenvalue weighted by atomic mass is 16.5. The Labute approximate surface area is 102 Å². The van der Waals surface area contributed by atoms with E-state index >= 15 is 0 Å². The van der Waals surface area contributed by atoms with Gasteiger partial charge in [0.15, 0.2) is 0 Å². The fourth-order valence-electron chi connectivity index (χ4n) is 1.36. The van der Waals surface area contributed by atoms with Crippen LogP contribution >= 0.6 is 0 Å². The average molecular weight is 237 g/mol. The molecule has 1 aromatic rings. The number of hydrogen-bond donors (Lipinski definition) is 2. The lowest BCUT2D eigenvalue weighted by Crippen LogP contribution is -2.13. The van der Waals surface area contributed by atoms with Crippen molar-refractivity contribution in [3.05, 3.63) is 24.3 Å². The predicted octanol–water partition coefficient (Wildman–Crippen LogP) is 2.18. The second kappa shape index (κ2) is 6.91. The largest absolute Gasteiger partial charge is 0.494 e. The van der Waals surface area contributed by atoms with Gasteiger partial charge in [0.2, 0.25) is 5.91 Å². The van der Waals surface area contributed by atoms with Crippen LogP contribution in [0.1, 0.15) is 26.7 Å². The van der Waals surface area contributed by atoms with E-state index in [9.17, 15) is 4.79 Å². The molecule has 0 aliphatic heterocycles. The minimum Gasteiger partial charge on any atom is -0.494 e. The Balaban J connectivity index is 2.43. The van der Waals surface area contributed by atoms with Gasteiger partial charge in [-0.15, -0.1) is 0 Å². The minimum absolute atomic E-state index is 0.0879. The minimum atomic E-state index is -0.443. The molecule has 4 heteroatoms. The molecule has 0 fully saturated rings. The van der Waals surface area contributed by atoms with Crippen LogP contribution in [-0.4, -0.2) is 23.7 Å². The molecule has 4 nitrogen and oxygen atoms in total. The Morgan fingerprint density at radius 3 is 2.59 bits per heavy atom. The molecule has 1 aromatic carbocycles. The lowest BCUT2D eigenvalue weighted by Gasteiger charge is -2.07. The molecule has 0 saturated carbocycles. The van der Waals surface area contributed by atoms with Gasteiger partial charge in [-0.2, -0.15) is 0 Å². The Kier molecular flexibility index (Phi) is 5.49. The summed E-state index contributed by atoms with van der Waals surface area (Å²) in [5.74, 6) is 0.699. The van der Waals surface area contributed by atoms with Crippen LogP contribution in [0.5, 0.6) is 5.75 Å². The zero-order chi connectivity index (χ0) is 12.7. The Morgan fingerprint density at radius 2 is 2.06 bits per heavy atom. The van der Waals surface area contributed by atoms with Crippen molar-refractivity contribution in [1.82, 2.24) is 0 Å². The third kappa shape index (κ3) is 5.36. The van der Waals surface area contributed by atoms with Gasteiger partial charge >= 0.3 is 0 Å². The molecular formula is C13H19NO3. The number of aliphatic hydroxyl groups excluding tert-OH is 1. The molecule has 0 aliphatic carbocycles. The predicted molar refractivity (Wildman–Crippen MR) is 67.2 cm³/mol. The molecule has 0 aliphatic rings. The first-order chi connectivity index (χ1) is 8.11. The molecule has 17 heavy (non-hydrogen) atoms. The quantitative estimate of drug-likeness (QED) is 0.797. The van der Waals surface area contributed by atoms with E-state index in [-0.39, 0.29) is 5.91 Å². The number of carbonyl (C=O) groups excluding carboxylic acids is 1. The molecule has 0 aromatic heterocycles. The van der Waals surface area contributed by atoms with Crippen LogP contribution in [0.2, 0.25) is 0 Å². The lowest BCUT2D eigenvalue weighted by atomic mass is 10.2. The van der Waals surface area contributed by atoms with Crippen molar-refractivity contribution in [2.75, 3.05) is 11.9 Å². The van der Waals surface area contributed by atoms with Crippen LogP contribution in [0.15, 0.2) is 24.3 Å². The summed E-state index contributed by atoms with van der Waals surface area (Å²) in [7, 11) is 0. The summed E-state index contributed by atoms with van der Waals surface area (Å²) in [6.07, 6.45) is 0.356. The third-order valence-corrected chi connectivity index (χ3v) is 2.24. The second-order valence-corrected chi connectivity index (χ2v) is 3.89. The van der Waals surface area contributed by atoms with Crippen molar-refractivity contribution >= 4 is 11.6 Å². The van der Waals surface area contributed by atoms with Gasteiger partial charge in [0.25, 0.3) is 0 Å². The number of rotatable bonds is 6. The second-order valence-electron chi connectivity index (χ2n) is 3.89. The first-order valence-electron chi connectivity index (χ1n) is 5.82. The Bertz CT molecular complexity index is 346. The molecule has 0 spiro atoms. The van der Waals surface area contributed by atoms with E-state index in [1.54, 1.807) is 19.1 Å². The van der Waals surface area contributed by atoms with Crippen molar-refractivity contribution in [3.63, 3.8) is 0 Å². The first kappa shape index (κ1) is 13.5. The molecular weight excluding hydrogens is 218 g/mol. The SMILES string of the molecule is CCOc1ccc(NC(=O)CCC(C)O)cc1. The molecule has 0 heterocycles. The molecule has 1 atom stereocenters. The number of ether oxygens (including phenoxy) is 1. The maximum Gasteiger partial charge on any atom is 0.224 e. The zero-order valence-corrected chi connectivity index (χ0v) is 10.3. The van der Waals surface area contributed by atoms with Gasteiger partial charge in [0.1, 0.15) is 5.75 Å². The van der Waals surface area contributed by atoms with Crippen LogP contribution in [0.25, 0.3) is 0 Å². The summed E-state index contributed by atoms with van der Waals surface area (Å²) < 4.78 is 5.30. The topological polar surface area (TPSA) is 58.6 Å². The Hall–Kier alpha value is -1.55. The third-order valence-electron chi connectivity index (χ3n) is 2.24. The summed E-state index contributed by atoms with van der Waals surface area (Å²) in [6, 6.07) is 7.22. The van der Waals surface area contributed by atoms with E-state index in [1.807, 2.05) is 19.1 Å². The molecule has 1 amide bonds. The van der Waals surface area contributed by atoms with Crippen LogP contribution < -0.4 is 10.1 Å². The highest BCUT2D eigenvalue weighted by molar-refractivity contribution is 5.90. The van der Waals surface area contributed by atoms with Crippen LogP contribution in [0, 0.1) is 0 Å². The van der Waals surface area contributed by atoms with E-state index < -0.39 is 6.10 Å². The summed E-state index contributed by atoms with van der Waals surface area (Å²) in [5, 5.41) is 11.8. The van der Waals surface area contributed by atoms with Crippen LogP contribution in [0.3, 0.4) is 0 Å². The summed E-state index contributed by atoms with van der Waals surface area (Å²) in [6.45, 7) is 4.22. The highest BCUT2D eigenvalue weighted by Crippen LogP contribution is 2.15. The normalized spacial score (nSPS) is 11.9. The first-order valence-corrected chi connectivity index (χ1v) is 5.82. The van der Waals surface area contributed by atoms with Crippen LogP contribution in [-0.2, 0) is 4.79 Å². The molecule has 94 valence electrons. The van der Waals surface area contributed by atoms with E-state index in [4.69, 9.17) is 9.84 Å². The van der Waals surface area contributed by atoms with E-state index in [0.29, 0.717) is 19.4 Å². The smallest absolute Gasteiger partial charge is 0.224 e. The number of hydrogen-bond acceptors (Lipinski definition) is 3. The average Bonchev–Trinajstić information content (AvgIpc) is 2.29. The van der Waals surface area contributed by atoms with Crippen LogP contribution in [0.4, 0.5) is 5.69 Å². The van der Waals surface area contributed by atoms with Crippen molar-refractivity contribution in [1.29, 1.82) is 0 Å². The number of amides is 1. The van der Waals surface area contributed by atoms with Gasteiger partial charge in [-0.05, 0) is 44.5 Å². The van der Waals surface area contributed by atoms with Gasteiger partial charge < -0.3 is 15.2 Å². The molecule has 0 saturated heterocycles. The fraction of sp³-hybridized carbons (Fsp3) is 0.462. The zero-order valence-electron chi connectivity index (χ0n) is 10.3. The van der Waals surface area contributed by atoms with Gasteiger partial charge in [-0.25, -0.2) is 0 Å². The van der Waals surface area contributed by atoms with E-state index in [2.05, 4.69) is 5.32 Å². The Morgan fingerprint density at radius 1 is 1.41 bits per heavy atom. The van der Waals surface area contributed by atoms with Crippen molar-refractivity contribution in [3.8, 4) is 5.75 Å². The van der Waals surface area contributed by atoms with Crippen molar-refractivity contribution in [2.45, 2.75) is 32.8 Å². The molecule has 2 N–H and O–H groups in total. The number of benzene rings is 1. The summed E-state index contributed by atoms with van der Waals surface area (Å²) in [5.41, 5.74) is 0.740. The maximum absolute atomic E-state index is 11.5. The van der Waals surface area contributed by atoms with Crippen molar-refractivity contribution < 1.29 is 14.6 Å². The number of carbonyl (C=O) groups is 1. The van der Waals surface area contributed by atoms with Gasteiger partial charge in [-0.3, -0.25) is 4.79 Å². The maximum atomic E-state index is 11.5. The van der Waals surface area contributed by atoms with E-state index in [1.165, 1.54) is 0 Å².